The third-order valence-electron chi connectivity index (χ3n) is 2.93. The third kappa shape index (κ3) is 2.02. The van der Waals surface area contributed by atoms with Crippen LogP contribution in [0.15, 0.2) is 29.4 Å². The highest BCUT2D eigenvalue weighted by Gasteiger charge is 2.46. The quantitative estimate of drug-likeness (QED) is 0.816. The SMILES string of the molecule is COc1ccc(C2=NOC(CN)(C(=O)O)C2)cc1. The van der Waals surface area contributed by atoms with Crippen molar-refractivity contribution in [2.75, 3.05) is 13.7 Å². The lowest BCUT2D eigenvalue weighted by Crippen LogP contribution is -2.45. The zero-order valence-electron chi connectivity index (χ0n) is 9.92. The number of carbonyl (C=O) groups is 1. The van der Waals surface area contributed by atoms with Crippen molar-refractivity contribution in [1.82, 2.24) is 0 Å². The van der Waals surface area contributed by atoms with Gasteiger partial charge in [-0.15, -0.1) is 0 Å². The topological polar surface area (TPSA) is 94.1 Å². The van der Waals surface area contributed by atoms with Crippen molar-refractivity contribution in [2.24, 2.45) is 10.9 Å². The molecular formula is C12H14N2O4. The molecule has 0 amide bonds. The van der Waals surface area contributed by atoms with Crippen LogP contribution in [0.2, 0.25) is 0 Å². The Labute approximate surface area is 104 Å². The highest BCUT2D eigenvalue weighted by atomic mass is 16.7. The molecule has 1 aliphatic rings. The summed E-state index contributed by atoms with van der Waals surface area (Å²) in [7, 11) is 1.58. The molecule has 2 rings (SSSR count). The molecule has 1 aromatic rings. The van der Waals surface area contributed by atoms with E-state index in [-0.39, 0.29) is 13.0 Å². The highest BCUT2D eigenvalue weighted by Crippen LogP contribution is 2.27. The molecule has 0 spiro atoms. The second kappa shape index (κ2) is 4.66. The fourth-order valence-electron chi connectivity index (χ4n) is 1.73. The number of carboxylic acids is 1. The van der Waals surface area contributed by atoms with Crippen molar-refractivity contribution in [3.8, 4) is 5.75 Å². The number of hydrogen-bond donors (Lipinski definition) is 2. The minimum absolute atomic E-state index is 0.120. The monoisotopic (exact) mass is 250 g/mol. The van der Waals surface area contributed by atoms with Gasteiger partial charge in [-0.05, 0) is 29.8 Å². The maximum atomic E-state index is 11.1. The number of nitrogens with two attached hydrogens (primary N) is 1. The Morgan fingerprint density at radius 2 is 2.22 bits per heavy atom. The predicted octanol–water partition coefficient (Wildman–Crippen LogP) is 0.602. The van der Waals surface area contributed by atoms with Gasteiger partial charge in [0.25, 0.3) is 5.60 Å². The van der Waals surface area contributed by atoms with Crippen LogP contribution in [0.25, 0.3) is 0 Å². The molecule has 1 heterocycles. The smallest absolute Gasteiger partial charge is 0.352 e. The molecular weight excluding hydrogens is 236 g/mol. The molecule has 96 valence electrons. The summed E-state index contributed by atoms with van der Waals surface area (Å²) in [5.74, 6) is -0.376. The van der Waals surface area contributed by atoms with Crippen LogP contribution in [-0.2, 0) is 9.63 Å². The van der Waals surface area contributed by atoms with E-state index in [1.54, 1.807) is 31.4 Å². The number of nitrogens with zero attached hydrogens (tertiary/aromatic N) is 1. The number of methoxy groups -OCH3 is 1. The molecule has 6 heteroatoms. The van der Waals surface area contributed by atoms with Crippen molar-refractivity contribution >= 4 is 11.7 Å². The van der Waals surface area contributed by atoms with Gasteiger partial charge in [0.15, 0.2) is 0 Å². The van der Waals surface area contributed by atoms with Crippen LogP contribution in [0.5, 0.6) is 5.75 Å². The summed E-state index contributed by atoms with van der Waals surface area (Å²) in [6, 6.07) is 7.16. The molecule has 1 aromatic carbocycles. The van der Waals surface area contributed by atoms with Crippen molar-refractivity contribution in [1.29, 1.82) is 0 Å². The second-order valence-electron chi connectivity index (χ2n) is 4.04. The molecule has 1 aliphatic heterocycles. The molecule has 0 radical (unpaired) electrons. The number of benzene rings is 1. The Morgan fingerprint density at radius 1 is 1.56 bits per heavy atom. The fraction of sp³-hybridized carbons (Fsp3) is 0.333. The number of carboxylic acid groups (broad SMARTS) is 1. The third-order valence-corrected chi connectivity index (χ3v) is 2.93. The van der Waals surface area contributed by atoms with E-state index in [2.05, 4.69) is 5.16 Å². The van der Waals surface area contributed by atoms with E-state index < -0.39 is 11.6 Å². The van der Waals surface area contributed by atoms with Gasteiger partial charge in [-0.2, -0.15) is 0 Å². The summed E-state index contributed by atoms with van der Waals surface area (Å²) >= 11 is 0. The van der Waals surface area contributed by atoms with Crippen LogP contribution < -0.4 is 10.5 Å². The molecule has 0 saturated heterocycles. The van der Waals surface area contributed by atoms with E-state index in [1.165, 1.54) is 0 Å². The Hall–Kier alpha value is -2.08. The van der Waals surface area contributed by atoms with E-state index in [1.807, 2.05) is 0 Å². The molecule has 1 atom stereocenters. The summed E-state index contributed by atoms with van der Waals surface area (Å²) in [4.78, 5) is 16.1. The maximum absolute atomic E-state index is 11.1. The van der Waals surface area contributed by atoms with Crippen LogP contribution in [-0.4, -0.2) is 36.0 Å². The molecule has 0 aliphatic carbocycles. The van der Waals surface area contributed by atoms with Crippen molar-refractivity contribution in [2.45, 2.75) is 12.0 Å². The second-order valence-corrected chi connectivity index (χ2v) is 4.04. The fourth-order valence-corrected chi connectivity index (χ4v) is 1.73. The molecule has 3 N–H and O–H groups in total. The van der Waals surface area contributed by atoms with Gasteiger partial charge in [0.1, 0.15) is 5.75 Å². The van der Waals surface area contributed by atoms with Crippen molar-refractivity contribution in [3.63, 3.8) is 0 Å². The minimum Gasteiger partial charge on any atom is -0.497 e. The van der Waals surface area contributed by atoms with E-state index in [9.17, 15) is 4.79 Å². The molecule has 0 aromatic heterocycles. The summed E-state index contributed by atoms with van der Waals surface area (Å²) in [6.07, 6.45) is 0.158. The Bertz CT molecular complexity index is 483. The van der Waals surface area contributed by atoms with E-state index in [0.717, 1.165) is 11.3 Å². The largest absolute Gasteiger partial charge is 0.497 e. The molecule has 1 unspecified atom stereocenters. The average Bonchev–Trinajstić information content (AvgIpc) is 2.84. The molecule has 0 saturated carbocycles. The first-order chi connectivity index (χ1) is 8.61. The van der Waals surface area contributed by atoms with Crippen LogP contribution in [0, 0.1) is 0 Å². The van der Waals surface area contributed by atoms with Gasteiger partial charge >= 0.3 is 5.97 Å². The van der Waals surface area contributed by atoms with Gasteiger partial charge < -0.3 is 20.4 Å². The number of hydrogen-bond acceptors (Lipinski definition) is 5. The van der Waals surface area contributed by atoms with Gasteiger partial charge in [0.2, 0.25) is 0 Å². The number of rotatable bonds is 4. The molecule has 0 bridgehead atoms. The standard InChI is InChI=1S/C12H14N2O4/c1-17-9-4-2-8(3-5-9)10-6-12(7-13,11(15)16)18-14-10/h2-5H,6-7,13H2,1H3,(H,15,16). The van der Waals surface area contributed by atoms with Crippen LogP contribution >= 0.6 is 0 Å². The summed E-state index contributed by atoms with van der Waals surface area (Å²) in [5, 5.41) is 12.9. The maximum Gasteiger partial charge on any atom is 0.352 e. The van der Waals surface area contributed by atoms with Gasteiger partial charge in [-0.3, -0.25) is 0 Å². The first-order valence-corrected chi connectivity index (χ1v) is 5.44. The van der Waals surface area contributed by atoms with Gasteiger partial charge in [-0.1, -0.05) is 5.16 Å². The Morgan fingerprint density at radius 3 is 2.67 bits per heavy atom. The Balaban J connectivity index is 2.19. The molecule has 6 nitrogen and oxygen atoms in total. The van der Waals surface area contributed by atoms with Crippen LogP contribution in [0.1, 0.15) is 12.0 Å². The normalized spacial score (nSPS) is 22.2. The summed E-state index contributed by atoms with van der Waals surface area (Å²) < 4.78 is 5.05. The molecule has 0 fully saturated rings. The summed E-state index contributed by atoms with van der Waals surface area (Å²) in [6.45, 7) is -0.120. The lowest BCUT2D eigenvalue weighted by atomic mass is 9.94. The zero-order chi connectivity index (χ0) is 13.2. The van der Waals surface area contributed by atoms with Crippen molar-refractivity contribution < 1.29 is 19.5 Å². The van der Waals surface area contributed by atoms with Gasteiger partial charge in [-0.25, -0.2) is 4.79 Å². The lowest BCUT2D eigenvalue weighted by Gasteiger charge is -2.18. The Kier molecular flexibility index (Phi) is 3.20. The lowest BCUT2D eigenvalue weighted by molar-refractivity contribution is -0.161. The van der Waals surface area contributed by atoms with Crippen LogP contribution in [0.4, 0.5) is 0 Å². The minimum atomic E-state index is -1.44. The van der Waals surface area contributed by atoms with Crippen LogP contribution in [0.3, 0.4) is 0 Å². The average molecular weight is 250 g/mol. The zero-order valence-corrected chi connectivity index (χ0v) is 9.92. The molecule has 18 heavy (non-hydrogen) atoms. The predicted molar refractivity (Wildman–Crippen MR) is 64.7 cm³/mol. The number of aliphatic carboxylic acids is 1. The number of oxime groups is 1. The van der Waals surface area contributed by atoms with E-state index in [0.29, 0.717) is 5.71 Å². The number of ether oxygens (including phenoxy) is 1. The highest BCUT2D eigenvalue weighted by molar-refractivity contribution is 6.04. The first-order valence-electron chi connectivity index (χ1n) is 5.44. The summed E-state index contributed by atoms with van der Waals surface area (Å²) in [5.41, 5.74) is 5.39. The first kappa shape index (κ1) is 12.4. The van der Waals surface area contributed by atoms with Gasteiger partial charge in [0.05, 0.1) is 12.8 Å². The van der Waals surface area contributed by atoms with E-state index >= 15 is 0 Å². The van der Waals surface area contributed by atoms with Crippen molar-refractivity contribution in [3.05, 3.63) is 29.8 Å². The van der Waals surface area contributed by atoms with E-state index in [4.69, 9.17) is 20.4 Å². The van der Waals surface area contributed by atoms with Gasteiger partial charge in [0, 0.05) is 13.0 Å².